The van der Waals surface area contributed by atoms with Gasteiger partial charge in [-0.25, -0.2) is 9.97 Å². The summed E-state index contributed by atoms with van der Waals surface area (Å²) in [5.41, 5.74) is 7.31. The minimum Gasteiger partial charge on any atom is -0.364 e. The van der Waals surface area contributed by atoms with Crippen molar-refractivity contribution in [2.24, 2.45) is 5.73 Å². The molecule has 0 radical (unpaired) electrons. The molecule has 3 rings (SSSR count). The lowest BCUT2D eigenvalue weighted by Crippen LogP contribution is -2.46. The van der Waals surface area contributed by atoms with Crippen molar-refractivity contribution in [3.05, 3.63) is 53.3 Å². The maximum Gasteiger partial charge on any atom is 0.267 e. The molecule has 0 atom stereocenters. The number of hydrogen-bond acceptors (Lipinski definition) is 6. The Labute approximate surface area is 140 Å². The molecule has 1 aliphatic rings. The fraction of sp³-hybridized carbons (Fsp3) is 0.294. The number of carbonyl (C=O) groups is 1. The Morgan fingerprint density at radius 3 is 2.75 bits per heavy atom. The zero-order chi connectivity index (χ0) is 16.9. The second kappa shape index (κ2) is 7.06. The second-order valence-corrected chi connectivity index (χ2v) is 5.68. The Balaban J connectivity index is 1.60. The summed E-state index contributed by atoms with van der Waals surface area (Å²) in [6.45, 7) is 4.09. The summed E-state index contributed by atoms with van der Waals surface area (Å²) in [5, 5.41) is 8.97. The van der Waals surface area contributed by atoms with Crippen LogP contribution >= 0.6 is 0 Å². The number of hydrogen-bond donors (Lipinski definition) is 1. The maximum atomic E-state index is 11.2. The third-order valence-electron chi connectivity index (χ3n) is 4.01. The van der Waals surface area contributed by atoms with E-state index in [2.05, 4.69) is 25.8 Å². The maximum absolute atomic E-state index is 11.2. The Hall–Kier alpha value is -2.98. The lowest BCUT2D eigenvalue weighted by molar-refractivity contribution is 0.0995. The van der Waals surface area contributed by atoms with Gasteiger partial charge in [0.25, 0.3) is 5.91 Å². The number of nitrogens with zero attached hydrogens (tertiary/aromatic N) is 5. The van der Waals surface area contributed by atoms with E-state index in [9.17, 15) is 4.79 Å². The fourth-order valence-corrected chi connectivity index (χ4v) is 2.74. The number of anilines is 1. The van der Waals surface area contributed by atoms with E-state index in [1.807, 2.05) is 24.3 Å². The van der Waals surface area contributed by atoms with Crippen molar-refractivity contribution in [1.82, 2.24) is 14.9 Å². The predicted molar refractivity (Wildman–Crippen MR) is 89.2 cm³/mol. The van der Waals surface area contributed by atoms with E-state index in [4.69, 9.17) is 11.0 Å². The highest BCUT2D eigenvalue weighted by Gasteiger charge is 2.19. The summed E-state index contributed by atoms with van der Waals surface area (Å²) in [6, 6.07) is 11.4. The molecule has 2 N–H and O–H groups in total. The van der Waals surface area contributed by atoms with Gasteiger partial charge in [-0.3, -0.25) is 9.69 Å². The molecule has 0 bridgehead atoms. The van der Waals surface area contributed by atoms with Crippen molar-refractivity contribution < 1.29 is 4.79 Å². The summed E-state index contributed by atoms with van der Waals surface area (Å²) in [6.07, 6.45) is 1.56. The van der Waals surface area contributed by atoms with Crippen molar-refractivity contribution in [2.45, 2.75) is 6.54 Å². The van der Waals surface area contributed by atoms with Crippen molar-refractivity contribution in [1.29, 1.82) is 5.26 Å². The third-order valence-corrected chi connectivity index (χ3v) is 4.01. The van der Waals surface area contributed by atoms with E-state index in [0.717, 1.165) is 38.3 Å². The van der Waals surface area contributed by atoms with Crippen LogP contribution in [0.2, 0.25) is 0 Å². The Morgan fingerprint density at radius 2 is 2.04 bits per heavy atom. The van der Waals surface area contributed by atoms with Gasteiger partial charge < -0.3 is 10.6 Å². The van der Waals surface area contributed by atoms with Crippen molar-refractivity contribution >= 4 is 11.9 Å². The zero-order valence-electron chi connectivity index (χ0n) is 13.2. The molecule has 0 spiro atoms. The van der Waals surface area contributed by atoms with Gasteiger partial charge in [0.15, 0.2) is 0 Å². The first-order valence-corrected chi connectivity index (χ1v) is 7.75. The fourth-order valence-electron chi connectivity index (χ4n) is 2.74. The molecule has 0 unspecified atom stereocenters. The molecule has 2 aromatic rings. The minimum absolute atomic E-state index is 0.232. The number of nitrogens with two attached hydrogens (primary N) is 1. The average molecular weight is 322 g/mol. The van der Waals surface area contributed by atoms with Gasteiger partial charge in [-0.05, 0) is 23.8 Å². The quantitative estimate of drug-likeness (QED) is 0.892. The normalized spacial score (nSPS) is 15.0. The van der Waals surface area contributed by atoms with E-state index >= 15 is 0 Å². The summed E-state index contributed by atoms with van der Waals surface area (Å²) in [7, 11) is 0. The molecule has 1 aromatic carbocycles. The lowest BCUT2D eigenvalue weighted by atomic mass is 10.1. The summed E-state index contributed by atoms with van der Waals surface area (Å²) < 4.78 is 0. The van der Waals surface area contributed by atoms with Crippen LogP contribution in [0.5, 0.6) is 0 Å². The Morgan fingerprint density at radius 1 is 1.25 bits per heavy atom. The van der Waals surface area contributed by atoms with E-state index in [-0.39, 0.29) is 5.69 Å². The largest absolute Gasteiger partial charge is 0.364 e. The summed E-state index contributed by atoms with van der Waals surface area (Å²) in [4.78, 5) is 24.0. The molecule has 1 aromatic heterocycles. The number of primary amides is 1. The molecule has 2 heterocycles. The molecule has 1 saturated heterocycles. The van der Waals surface area contributed by atoms with Crippen LogP contribution in [0.1, 0.15) is 21.6 Å². The first-order valence-electron chi connectivity index (χ1n) is 7.75. The van der Waals surface area contributed by atoms with Crippen LogP contribution in [-0.4, -0.2) is 47.0 Å². The summed E-state index contributed by atoms with van der Waals surface area (Å²) >= 11 is 0. The third kappa shape index (κ3) is 3.67. The van der Waals surface area contributed by atoms with Crippen LogP contribution in [0.15, 0.2) is 36.5 Å². The second-order valence-electron chi connectivity index (χ2n) is 5.68. The van der Waals surface area contributed by atoms with Crippen molar-refractivity contribution in [3.63, 3.8) is 0 Å². The van der Waals surface area contributed by atoms with Crippen molar-refractivity contribution in [3.8, 4) is 6.07 Å². The van der Waals surface area contributed by atoms with Gasteiger partial charge in [0.1, 0.15) is 5.69 Å². The first-order chi connectivity index (χ1) is 11.7. The van der Waals surface area contributed by atoms with Gasteiger partial charge in [0.2, 0.25) is 5.95 Å². The molecule has 7 heteroatoms. The molecule has 0 aliphatic carbocycles. The van der Waals surface area contributed by atoms with Crippen LogP contribution in [0, 0.1) is 11.3 Å². The van der Waals surface area contributed by atoms with Gasteiger partial charge in [-0.1, -0.05) is 12.1 Å². The summed E-state index contributed by atoms with van der Waals surface area (Å²) in [5.74, 6) is -0.00733. The van der Waals surface area contributed by atoms with Crippen LogP contribution in [-0.2, 0) is 6.54 Å². The molecule has 24 heavy (non-hydrogen) atoms. The lowest BCUT2D eigenvalue weighted by Gasteiger charge is -2.34. The molecular formula is C17H18N6O. The van der Waals surface area contributed by atoms with Crippen LogP contribution in [0.25, 0.3) is 0 Å². The number of nitriles is 1. The van der Waals surface area contributed by atoms with Gasteiger partial charge in [0, 0.05) is 38.9 Å². The number of aromatic nitrogens is 2. The topological polar surface area (TPSA) is 99.1 Å². The standard InChI is InChI=1S/C17H18N6O/c18-11-13-2-1-3-14(10-13)12-22-6-8-23(9-7-22)17-20-5-4-15(21-17)16(19)24/h1-5,10H,6-9,12H2,(H2,19,24). The molecule has 0 saturated carbocycles. The molecule has 7 nitrogen and oxygen atoms in total. The van der Waals surface area contributed by atoms with E-state index in [0.29, 0.717) is 11.5 Å². The molecule has 1 aliphatic heterocycles. The molecule has 122 valence electrons. The monoisotopic (exact) mass is 322 g/mol. The van der Waals surface area contributed by atoms with Gasteiger partial charge >= 0.3 is 0 Å². The predicted octanol–water partition coefficient (Wildman–Crippen LogP) is 0.769. The number of amides is 1. The molecule has 1 fully saturated rings. The highest BCUT2D eigenvalue weighted by molar-refractivity contribution is 5.90. The number of rotatable bonds is 4. The van der Waals surface area contributed by atoms with Crippen molar-refractivity contribution in [2.75, 3.05) is 31.1 Å². The van der Waals surface area contributed by atoms with Crippen LogP contribution in [0.4, 0.5) is 5.95 Å². The number of piperazine rings is 1. The van der Waals surface area contributed by atoms with Gasteiger partial charge in [-0.2, -0.15) is 5.26 Å². The van der Waals surface area contributed by atoms with Gasteiger partial charge in [-0.15, -0.1) is 0 Å². The van der Waals surface area contributed by atoms with Crippen LogP contribution < -0.4 is 10.6 Å². The Kier molecular flexibility index (Phi) is 4.68. The van der Waals surface area contributed by atoms with E-state index in [1.54, 1.807) is 6.20 Å². The van der Waals surface area contributed by atoms with E-state index in [1.165, 1.54) is 6.07 Å². The zero-order valence-corrected chi connectivity index (χ0v) is 13.2. The Bertz CT molecular complexity index is 777. The first kappa shape index (κ1) is 15.9. The number of benzene rings is 1. The number of carbonyl (C=O) groups excluding carboxylic acids is 1. The minimum atomic E-state index is -0.547. The van der Waals surface area contributed by atoms with Gasteiger partial charge in [0.05, 0.1) is 11.6 Å². The molecule has 1 amide bonds. The molecular weight excluding hydrogens is 304 g/mol. The van der Waals surface area contributed by atoms with E-state index < -0.39 is 5.91 Å². The highest BCUT2D eigenvalue weighted by atomic mass is 16.1. The van der Waals surface area contributed by atoms with Crippen LogP contribution in [0.3, 0.4) is 0 Å². The smallest absolute Gasteiger partial charge is 0.267 e. The average Bonchev–Trinajstić information content (AvgIpc) is 2.62. The highest BCUT2D eigenvalue weighted by Crippen LogP contribution is 2.14. The SMILES string of the molecule is N#Cc1cccc(CN2CCN(c3nccc(C(N)=O)n3)CC2)c1.